The monoisotopic (exact) mass is 244 g/mol. The van der Waals surface area contributed by atoms with Crippen LogP contribution in [0.5, 0.6) is 0 Å². The van der Waals surface area contributed by atoms with E-state index >= 15 is 0 Å². The Hall–Kier alpha value is -0.810. The quantitative estimate of drug-likeness (QED) is 0.727. The van der Waals surface area contributed by atoms with Gasteiger partial charge in [-0.1, -0.05) is 20.8 Å². The standard InChI is InChI=1S/C12H24N2O3/c1-10-13-14(11(15)17-10)7-5-6-8-16-9-12(2,3)4/h10,13H,5-9H2,1-4H3. The fourth-order valence-electron chi connectivity index (χ4n) is 1.52. The van der Waals surface area contributed by atoms with Crippen molar-refractivity contribution in [2.24, 2.45) is 5.41 Å². The highest BCUT2D eigenvalue weighted by Crippen LogP contribution is 2.13. The number of cyclic esters (lactones) is 1. The highest BCUT2D eigenvalue weighted by atomic mass is 16.6. The third-order valence-corrected chi connectivity index (χ3v) is 2.29. The van der Waals surface area contributed by atoms with Crippen LogP contribution in [0, 0.1) is 5.41 Å². The molecule has 1 rings (SSSR count). The molecule has 0 spiro atoms. The number of nitrogens with zero attached hydrogens (tertiary/aromatic N) is 1. The Morgan fingerprint density at radius 3 is 2.65 bits per heavy atom. The zero-order chi connectivity index (χ0) is 12.9. The number of hydrogen-bond donors (Lipinski definition) is 1. The van der Waals surface area contributed by atoms with Crippen molar-refractivity contribution in [1.82, 2.24) is 10.4 Å². The van der Waals surface area contributed by atoms with E-state index in [4.69, 9.17) is 9.47 Å². The largest absolute Gasteiger partial charge is 0.428 e. The molecule has 0 saturated carbocycles. The lowest BCUT2D eigenvalue weighted by Crippen LogP contribution is -2.36. The fourth-order valence-corrected chi connectivity index (χ4v) is 1.52. The van der Waals surface area contributed by atoms with E-state index in [1.807, 2.05) is 6.92 Å². The maximum absolute atomic E-state index is 11.2. The summed E-state index contributed by atoms with van der Waals surface area (Å²) < 4.78 is 10.5. The number of ether oxygens (including phenoxy) is 2. The fraction of sp³-hybridized carbons (Fsp3) is 0.917. The predicted molar refractivity (Wildman–Crippen MR) is 65.3 cm³/mol. The first-order valence-corrected chi connectivity index (χ1v) is 6.20. The normalized spacial score (nSPS) is 20.8. The average Bonchev–Trinajstić information content (AvgIpc) is 2.49. The molecule has 0 aromatic heterocycles. The first-order valence-electron chi connectivity index (χ1n) is 6.20. The Bertz CT molecular complexity index is 251. The lowest BCUT2D eigenvalue weighted by Gasteiger charge is -2.18. The number of carbonyl (C=O) groups is 1. The number of nitrogens with one attached hydrogen (secondary N) is 1. The zero-order valence-electron chi connectivity index (χ0n) is 11.3. The summed E-state index contributed by atoms with van der Waals surface area (Å²) in [5.74, 6) is 0. The summed E-state index contributed by atoms with van der Waals surface area (Å²) in [5.41, 5.74) is 3.16. The van der Waals surface area contributed by atoms with E-state index in [0.717, 1.165) is 26.1 Å². The van der Waals surface area contributed by atoms with E-state index in [1.54, 1.807) is 0 Å². The van der Waals surface area contributed by atoms with Crippen LogP contribution < -0.4 is 5.43 Å². The third kappa shape index (κ3) is 5.89. The molecule has 0 aromatic carbocycles. The van der Waals surface area contributed by atoms with Crippen LogP contribution in [0.4, 0.5) is 4.79 Å². The van der Waals surface area contributed by atoms with E-state index in [-0.39, 0.29) is 17.7 Å². The summed E-state index contributed by atoms with van der Waals surface area (Å²) in [6.45, 7) is 10.5. The van der Waals surface area contributed by atoms with E-state index in [2.05, 4.69) is 26.2 Å². The number of unbranched alkanes of at least 4 members (excludes halogenated alkanes) is 1. The molecule has 1 N–H and O–H groups in total. The smallest absolute Gasteiger partial charge is 0.425 e. The molecule has 0 aromatic rings. The summed E-state index contributed by atoms with van der Waals surface area (Å²) in [6.07, 6.45) is 1.38. The Balaban J connectivity index is 2.00. The van der Waals surface area contributed by atoms with Crippen molar-refractivity contribution >= 4 is 6.09 Å². The minimum atomic E-state index is -0.284. The van der Waals surface area contributed by atoms with Gasteiger partial charge >= 0.3 is 6.09 Å². The average molecular weight is 244 g/mol. The second kappa shape index (κ2) is 6.21. The molecule has 1 fully saturated rings. The summed E-state index contributed by atoms with van der Waals surface area (Å²) in [4.78, 5) is 11.2. The van der Waals surface area contributed by atoms with E-state index in [9.17, 15) is 4.79 Å². The Labute approximate surface area is 103 Å². The number of hydrogen-bond acceptors (Lipinski definition) is 4. The molecule has 0 radical (unpaired) electrons. The van der Waals surface area contributed by atoms with Crippen LogP contribution in [0.2, 0.25) is 0 Å². The van der Waals surface area contributed by atoms with Gasteiger partial charge < -0.3 is 9.47 Å². The molecule has 0 aliphatic carbocycles. The van der Waals surface area contributed by atoms with Crippen LogP contribution in [0.25, 0.3) is 0 Å². The Kier molecular flexibility index (Phi) is 5.21. The van der Waals surface area contributed by atoms with Crippen molar-refractivity contribution in [2.75, 3.05) is 19.8 Å². The number of hydrazine groups is 1. The van der Waals surface area contributed by atoms with Gasteiger partial charge in [-0.25, -0.2) is 9.80 Å². The molecule has 1 amide bonds. The summed E-state index contributed by atoms with van der Waals surface area (Å²) >= 11 is 0. The van der Waals surface area contributed by atoms with Gasteiger partial charge in [0.05, 0.1) is 6.61 Å². The zero-order valence-corrected chi connectivity index (χ0v) is 11.3. The van der Waals surface area contributed by atoms with Crippen molar-refractivity contribution in [3.05, 3.63) is 0 Å². The molecule has 1 atom stereocenters. The first-order chi connectivity index (χ1) is 7.88. The maximum atomic E-state index is 11.2. The first kappa shape index (κ1) is 14.3. The highest BCUT2D eigenvalue weighted by molar-refractivity contribution is 5.68. The van der Waals surface area contributed by atoms with Crippen molar-refractivity contribution < 1.29 is 14.3 Å². The molecule has 1 heterocycles. The molecule has 100 valence electrons. The number of carbonyl (C=O) groups excluding carboxylic acids is 1. The molecule has 1 aliphatic heterocycles. The van der Waals surface area contributed by atoms with Crippen LogP contribution in [0.15, 0.2) is 0 Å². The lowest BCUT2D eigenvalue weighted by molar-refractivity contribution is 0.0675. The number of rotatable bonds is 6. The molecule has 1 saturated heterocycles. The number of amides is 1. The van der Waals surface area contributed by atoms with Gasteiger partial charge in [-0.2, -0.15) is 5.43 Å². The maximum Gasteiger partial charge on any atom is 0.425 e. The second-order valence-corrected chi connectivity index (χ2v) is 5.63. The summed E-state index contributed by atoms with van der Waals surface area (Å²) in [6, 6.07) is 0. The van der Waals surface area contributed by atoms with Gasteiger partial charge in [0.15, 0.2) is 6.23 Å². The van der Waals surface area contributed by atoms with Crippen molar-refractivity contribution in [3.8, 4) is 0 Å². The molecule has 5 nitrogen and oxygen atoms in total. The van der Waals surface area contributed by atoms with E-state index in [1.165, 1.54) is 5.01 Å². The lowest BCUT2D eigenvalue weighted by atomic mass is 9.99. The van der Waals surface area contributed by atoms with Gasteiger partial charge in [-0.3, -0.25) is 0 Å². The Morgan fingerprint density at radius 2 is 2.12 bits per heavy atom. The molecule has 17 heavy (non-hydrogen) atoms. The van der Waals surface area contributed by atoms with Gasteiger partial charge in [0.2, 0.25) is 0 Å². The van der Waals surface area contributed by atoms with Crippen LogP contribution in [-0.4, -0.2) is 37.1 Å². The molecule has 5 heteroatoms. The van der Waals surface area contributed by atoms with Crippen LogP contribution >= 0.6 is 0 Å². The van der Waals surface area contributed by atoms with E-state index < -0.39 is 0 Å². The predicted octanol–water partition coefficient (Wildman–Crippen LogP) is 2.13. The van der Waals surface area contributed by atoms with Crippen molar-refractivity contribution in [3.63, 3.8) is 0 Å². The van der Waals surface area contributed by atoms with Crippen LogP contribution in [-0.2, 0) is 9.47 Å². The summed E-state index contributed by atoms with van der Waals surface area (Å²) in [5, 5.41) is 1.52. The van der Waals surface area contributed by atoms with Crippen molar-refractivity contribution in [1.29, 1.82) is 0 Å². The van der Waals surface area contributed by atoms with Gasteiger partial charge in [0, 0.05) is 13.2 Å². The van der Waals surface area contributed by atoms with Gasteiger partial charge in [0.25, 0.3) is 0 Å². The molecule has 0 bridgehead atoms. The molecule has 1 unspecified atom stereocenters. The SMILES string of the molecule is CC1NN(CCCCOCC(C)(C)C)C(=O)O1. The van der Waals surface area contributed by atoms with Gasteiger partial charge in [0.1, 0.15) is 0 Å². The van der Waals surface area contributed by atoms with Gasteiger partial charge in [-0.15, -0.1) is 0 Å². The minimum Gasteiger partial charge on any atom is -0.428 e. The highest BCUT2D eigenvalue weighted by Gasteiger charge is 2.26. The van der Waals surface area contributed by atoms with Gasteiger partial charge in [-0.05, 0) is 25.2 Å². The molecular formula is C12H24N2O3. The van der Waals surface area contributed by atoms with Crippen LogP contribution in [0.3, 0.4) is 0 Å². The minimum absolute atomic E-state index is 0.209. The van der Waals surface area contributed by atoms with Crippen LogP contribution in [0.1, 0.15) is 40.5 Å². The van der Waals surface area contributed by atoms with Crippen molar-refractivity contribution in [2.45, 2.75) is 46.8 Å². The summed E-state index contributed by atoms with van der Waals surface area (Å²) in [7, 11) is 0. The molecule has 1 aliphatic rings. The third-order valence-electron chi connectivity index (χ3n) is 2.29. The molecular weight excluding hydrogens is 220 g/mol. The Morgan fingerprint density at radius 1 is 1.41 bits per heavy atom. The topological polar surface area (TPSA) is 50.8 Å². The second-order valence-electron chi connectivity index (χ2n) is 5.63. The van der Waals surface area contributed by atoms with E-state index in [0.29, 0.717) is 6.54 Å².